The van der Waals surface area contributed by atoms with Gasteiger partial charge in [0.05, 0.1) is 18.2 Å². The first kappa shape index (κ1) is 10.8. The Balaban J connectivity index is 2.27. The molecule has 18 heavy (non-hydrogen) atoms. The molecule has 0 aliphatic carbocycles. The van der Waals surface area contributed by atoms with Crippen LogP contribution in [0.2, 0.25) is 0 Å². The number of anilines is 1. The fraction of sp³-hybridized carbons (Fsp3) is 0.231. The van der Waals surface area contributed by atoms with E-state index in [-0.39, 0.29) is 0 Å². The van der Waals surface area contributed by atoms with E-state index in [1.54, 1.807) is 12.5 Å². The van der Waals surface area contributed by atoms with Gasteiger partial charge in [-0.2, -0.15) is 0 Å². The first-order chi connectivity index (χ1) is 8.70. The molecule has 5 nitrogen and oxygen atoms in total. The third-order valence-electron chi connectivity index (χ3n) is 3.11. The van der Waals surface area contributed by atoms with Crippen molar-refractivity contribution in [3.8, 4) is 11.4 Å². The van der Waals surface area contributed by atoms with Crippen molar-refractivity contribution in [2.24, 2.45) is 0 Å². The van der Waals surface area contributed by atoms with Gasteiger partial charge in [0.2, 0.25) is 0 Å². The predicted molar refractivity (Wildman–Crippen MR) is 71.2 cm³/mol. The van der Waals surface area contributed by atoms with Crippen LogP contribution < -0.4 is 5.73 Å². The van der Waals surface area contributed by atoms with E-state index in [0.29, 0.717) is 5.82 Å². The smallest absolute Gasteiger partial charge is 0.139 e. The van der Waals surface area contributed by atoms with Crippen molar-refractivity contribution in [1.82, 2.24) is 18.9 Å². The molecule has 0 bridgehead atoms. The zero-order valence-corrected chi connectivity index (χ0v) is 10.5. The van der Waals surface area contributed by atoms with Gasteiger partial charge in [0.25, 0.3) is 0 Å². The van der Waals surface area contributed by atoms with E-state index < -0.39 is 0 Å². The Morgan fingerprint density at radius 1 is 1.39 bits per heavy atom. The lowest BCUT2D eigenvalue weighted by Crippen LogP contribution is -1.98. The SMILES string of the molecule is CCn1cncc1-c1nc2cc(C)ccn2c1N. The number of nitrogen functional groups attached to an aromatic ring is 1. The summed E-state index contributed by atoms with van der Waals surface area (Å²) in [7, 11) is 0. The van der Waals surface area contributed by atoms with Gasteiger partial charge in [0.1, 0.15) is 17.2 Å². The second-order valence-electron chi connectivity index (χ2n) is 4.34. The Hall–Kier alpha value is -2.30. The number of aryl methyl sites for hydroxylation is 2. The summed E-state index contributed by atoms with van der Waals surface area (Å²) in [6.07, 6.45) is 5.54. The van der Waals surface area contributed by atoms with Crippen LogP contribution in [0.3, 0.4) is 0 Å². The molecule has 5 heteroatoms. The molecule has 0 aromatic carbocycles. The quantitative estimate of drug-likeness (QED) is 0.747. The number of rotatable bonds is 2. The fourth-order valence-electron chi connectivity index (χ4n) is 2.12. The van der Waals surface area contributed by atoms with Gasteiger partial charge in [0, 0.05) is 12.7 Å². The minimum atomic E-state index is 0.653. The van der Waals surface area contributed by atoms with E-state index in [4.69, 9.17) is 5.73 Å². The van der Waals surface area contributed by atoms with Gasteiger partial charge >= 0.3 is 0 Å². The van der Waals surface area contributed by atoms with Crippen LogP contribution in [0.25, 0.3) is 17.0 Å². The van der Waals surface area contributed by atoms with Gasteiger partial charge in [0.15, 0.2) is 0 Å². The lowest BCUT2D eigenvalue weighted by molar-refractivity contribution is 0.767. The van der Waals surface area contributed by atoms with Crippen molar-refractivity contribution in [3.05, 3.63) is 36.4 Å². The van der Waals surface area contributed by atoms with Crippen LogP contribution in [-0.4, -0.2) is 18.9 Å². The lowest BCUT2D eigenvalue weighted by Gasteiger charge is -2.02. The summed E-state index contributed by atoms with van der Waals surface area (Å²) in [6, 6.07) is 4.04. The molecule has 0 amide bonds. The standard InChI is InChI=1S/C13H15N5/c1-3-17-8-15-7-10(17)12-13(14)18-5-4-9(2)6-11(18)16-12/h4-8H,3,14H2,1-2H3. The van der Waals surface area contributed by atoms with Gasteiger partial charge in [-0.15, -0.1) is 0 Å². The third-order valence-corrected chi connectivity index (χ3v) is 3.11. The highest BCUT2D eigenvalue weighted by Crippen LogP contribution is 2.26. The number of nitrogens with two attached hydrogens (primary N) is 1. The largest absolute Gasteiger partial charge is 0.383 e. The molecule has 0 spiro atoms. The Bertz CT molecular complexity index is 707. The van der Waals surface area contributed by atoms with Crippen LogP contribution in [0, 0.1) is 6.92 Å². The van der Waals surface area contributed by atoms with Crippen molar-refractivity contribution < 1.29 is 0 Å². The molecule has 0 saturated heterocycles. The molecular formula is C13H15N5. The summed E-state index contributed by atoms with van der Waals surface area (Å²) in [4.78, 5) is 8.76. The predicted octanol–water partition coefficient (Wildman–Crippen LogP) is 2.11. The van der Waals surface area contributed by atoms with Crippen LogP contribution >= 0.6 is 0 Å². The van der Waals surface area contributed by atoms with E-state index in [0.717, 1.165) is 23.6 Å². The maximum Gasteiger partial charge on any atom is 0.139 e. The van der Waals surface area contributed by atoms with Crippen molar-refractivity contribution in [2.75, 3.05) is 5.73 Å². The van der Waals surface area contributed by atoms with Crippen LogP contribution in [0.4, 0.5) is 5.82 Å². The Morgan fingerprint density at radius 3 is 3.00 bits per heavy atom. The lowest BCUT2D eigenvalue weighted by atomic mass is 10.3. The number of hydrogen-bond acceptors (Lipinski definition) is 3. The van der Waals surface area contributed by atoms with E-state index in [9.17, 15) is 0 Å². The van der Waals surface area contributed by atoms with Gasteiger partial charge in [-0.3, -0.25) is 4.40 Å². The van der Waals surface area contributed by atoms with E-state index >= 15 is 0 Å². The monoisotopic (exact) mass is 241 g/mol. The molecule has 3 aromatic heterocycles. The summed E-state index contributed by atoms with van der Waals surface area (Å²) in [5.41, 5.74) is 9.95. The second kappa shape index (κ2) is 3.87. The summed E-state index contributed by atoms with van der Waals surface area (Å²) < 4.78 is 3.93. The maximum absolute atomic E-state index is 6.16. The number of imidazole rings is 2. The van der Waals surface area contributed by atoms with Gasteiger partial charge in [-0.1, -0.05) is 0 Å². The molecule has 0 radical (unpaired) electrons. The first-order valence-electron chi connectivity index (χ1n) is 5.95. The van der Waals surface area contributed by atoms with Crippen LogP contribution in [0.15, 0.2) is 30.9 Å². The molecule has 0 aliphatic heterocycles. The molecule has 0 saturated carbocycles. The molecule has 0 unspecified atom stereocenters. The summed E-state index contributed by atoms with van der Waals surface area (Å²) >= 11 is 0. The average Bonchev–Trinajstić information content (AvgIpc) is 2.93. The highest BCUT2D eigenvalue weighted by atomic mass is 15.1. The number of nitrogens with zero attached hydrogens (tertiary/aromatic N) is 4. The maximum atomic E-state index is 6.16. The third kappa shape index (κ3) is 1.48. The molecule has 3 aromatic rings. The molecule has 0 atom stereocenters. The van der Waals surface area contributed by atoms with Crippen molar-refractivity contribution in [1.29, 1.82) is 0 Å². The first-order valence-corrected chi connectivity index (χ1v) is 5.95. The molecular weight excluding hydrogens is 226 g/mol. The molecule has 3 rings (SSSR count). The average molecular weight is 241 g/mol. The topological polar surface area (TPSA) is 61.1 Å². The molecule has 0 aliphatic rings. The minimum absolute atomic E-state index is 0.653. The Labute approximate surface area is 105 Å². The van der Waals surface area contributed by atoms with E-state index in [2.05, 4.69) is 16.9 Å². The van der Waals surface area contributed by atoms with Crippen LogP contribution in [-0.2, 0) is 6.54 Å². The van der Waals surface area contributed by atoms with Crippen molar-refractivity contribution >= 4 is 11.5 Å². The zero-order valence-electron chi connectivity index (χ0n) is 10.5. The van der Waals surface area contributed by atoms with Crippen molar-refractivity contribution in [2.45, 2.75) is 20.4 Å². The number of hydrogen-bond donors (Lipinski definition) is 1. The minimum Gasteiger partial charge on any atom is -0.383 e. The molecule has 2 N–H and O–H groups in total. The molecule has 92 valence electrons. The molecule has 3 heterocycles. The molecule has 0 fully saturated rings. The van der Waals surface area contributed by atoms with Gasteiger partial charge in [-0.05, 0) is 31.5 Å². The normalized spacial score (nSPS) is 11.2. The summed E-state index contributed by atoms with van der Waals surface area (Å²) in [5, 5.41) is 0. The zero-order chi connectivity index (χ0) is 12.7. The second-order valence-corrected chi connectivity index (χ2v) is 4.34. The highest BCUT2D eigenvalue weighted by molar-refractivity contribution is 5.72. The van der Waals surface area contributed by atoms with E-state index in [1.165, 1.54) is 5.56 Å². The van der Waals surface area contributed by atoms with E-state index in [1.807, 2.05) is 34.2 Å². The van der Waals surface area contributed by atoms with Gasteiger partial charge in [-0.25, -0.2) is 9.97 Å². The highest BCUT2D eigenvalue weighted by Gasteiger charge is 2.14. The summed E-state index contributed by atoms with van der Waals surface area (Å²) in [5.74, 6) is 0.653. The Kier molecular flexibility index (Phi) is 2.33. The number of pyridine rings is 1. The fourth-order valence-corrected chi connectivity index (χ4v) is 2.12. The van der Waals surface area contributed by atoms with Crippen LogP contribution in [0.1, 0.15) is 12.5 Å². The van der Waals surface area contributed by atoms with Crippen LogP contribution in [0.5, 0.6) is 0 Å². The van der Waals surface area contributed by atoms with Gasteiger partial charge < -0.3 is 10.3 Å². The Morgan fingerprint density at radius 2 is 2.22 bits per heavy atom. The number of fused-ring (bicyclic) bond motifs is 1. The number of aromatic nitrogens is 4. The van der Waals surface area contributed by atoms with Crippen molar-refractivity contribution in [3.63, 3.8) is 0 Å². The summed E-state index contributed by atoms with van der Waals surface area (Å²) in [6.45, 7) is 4.96.